The second kappa shape index (κ2) is 9.37. The van der Waals surface area contributed by atoms with Crippen LogP contribution in [0.2, 0.25) is 5.15 Å². The van der Waals surface area contributed by atoms with Gasteiger partial charge in [-0.1, -0.05) is 18.5 Å². The van der Waals surface area contributed by atoms with Crippen LogP contribution in [0.4, 0.5) is 35.3 Å². The summed E-state index contributed by atoms with van der Waals surface area (Å²) in [5.74, 6) is -0.00512. The van der Waals surface area contributed by atoms with Crippen LogP contribution in [0.25, 0.3) is 0 Å². The Hall–Kier alpha value is -2.75. The van der Waals surface area contributed by atoms with Gasteiger partial charge in [0, 0.05) is 30.7 Å². The van der Waals surface area contributed by atoms with Crippen molar-refractivity contribution in [3.63, 3.8) is 0 Å². The van der Waals surface area contributed by atoms with Crippen molar-refractivity contribution in [1.82, 2.24) is 14.9 Å². The van der Waals surface area contributed by atoms with Crippen molar-refractivity contribution in [3.05, 3.63) is 40.7 Å². The molecule has 7 nitrogen and oxygen atoms in total. The largest absolute Gasteiger partial charge is 0.444 e. The number of halogens is 4. The summed E-state index contributed by atoms with van der Waals surface area (Å²) in [7, 11) is 0. The average molecular weight is 512 g/mol. The number of nitrogens with zero attached hydrogens (tertiary/aromatic N) is 4. The topological polar surface area (TPSA) is 70.6 Å². The van der Waals surface area contributed by atoms with E-state index in [-0.39, 0.29) is 24.1 Å². The number of carbonyl (C=O) groups excluding carboxylic acids is 1. The van der Waals surface area contributed by atoms with Crippen LogP contribution in [0, 0.1) is 0 Å². The van der Waals surface area contributed by atoms with Gasteiger partial charge in [0.05, 0.1) is 12.1 Å². The molecule has 0 saturated carbocycles. The fraction of sp³-hybridized carbons (Fsp3) is 0.542. The molecular weight excluding hydrogens is 483 g/mol. The lowest BCUT2D eigenvalue weighted by Gasteiger charge is -2.42. The van der Waals surface area contributed by atoms with Crippen molar-refractivity contribution in [2.24, 2.45) is 0 Å². The molecule has 0 spiro atoms. The molecule has 2 saturated heterocycles. The van der Waals surface area contributed by atoms with Crippen LogP contribution < -0.4 is 10.2 Å². The van der Waals surface area contributed by atoms with Crippen LogP contribution >= 0.6 is 11.6 Å². The molecule has 2 aliphatic rings. The first-order valence-electron chi connectivity index (χ1n) is 11.6. The van der Waals surface area contributed by atoms with Crippen molar-refractivity contribution in [2.45, 2.75) is 70.8 Å². The molecule has 0 aliphatic carbocycles. The van der Waals surface area contributed by atoms with E-state index >= 15 is 0 Å². The van der Waals surface area contributed by atoms with Gasteiger partial charge in [-0.05, 0) is 63.8 Å². The minimum absolute atomic E-state index is 0.00512. The van der Waals surface area contributed by atoms with Crippen molar-refractivity contribution in [3.8, 4) is 0 Å². The highest BCUT2D eigenvalue weighted by molar-refractivity contribution is 6.30. The Morgan fingerprint density at radius 1 is 1.20 bits per heavy atom. The molecule has 2 aromatic rings. The lowest BCUT2D eigenvalue weighted by atomic mass is 10.1. The summed E-state index contributed by atoms with van der Waals surface area (Å²) in [4.78, 5) is 24.4. The SMILES string of the molecule is CCc1cc(N2C[C@H]3CC[C@@H](C2)N3C(=O)OC(C)(C)C)ccc1Nc1ncc(C(F)(F)F)c(Cl)n1. The Balaban J connectivity index is 1.49. The lowest BCUT2D eigenvalue weighted by Crippen LogP contribution is -2.56. The van der Waals surface area contributed by atoms with E-state index in [1.165, 1.54) is 0 Å². The Labute approximate surface area is 207 Å². The van der Waals surface area contributed by atoms with Gasteiger partial charge < -0.3 is 15.0 Å². The molecule has 0 radical (unpaired) electrons. The van der Waals surface area contributed by atoms with Gasteiger partial charge in [-0.15, -0.1) is 0 Å². The predicted octanol–water partition coefficient (Wildman–Crippen LogP) is 6.04. The number of rotatable bonds is 4. The summed E-state index contributed by atoms with van der Waals surface area (Å²) < 4.78 is 44.4. The van der Waals surface area contributed by atoms with Gasteiger partial charge in [-0.2, -0.15) is 13.2 Å². The van der Waals surface area contributed by atoms with E-state index in [1.807, 2.05) is 44.7 Å². The molecule has 2 atom stereocenters. The van der Waals surface area contributed by atoms with Crippen molar-refractivity contribution >= 4 is 35.0 Å². The quantitative estimate of drug-likeness (QED) is 0.504. The van der Waals surface area contributed by atoms with Crippen molar-refractivity contribution in [1.29, 1.82) is 0 Å². The number of alkyl halides is 3. The number of fused-ring (bicyclic) bond motifs is 2. The highest BCUT2D eigenvalue weighted by Crippen LogP contribution is 2.36. The molecule has 2 aliphatic heterocycles. The van der Waals surface area contributed by atoms with Crippen molar-refractivity contribution < 1.29 is 22.7 Å². The molecule has 4 rings (SSSR count). The van der Waals surface area contributed by atoms with E-state index < -0.39 is 22.5 Å². The Bertz CT molecular complexity index is 1090. The zero-order valence-electron chi connectivity index (χ0n) is 20.1. The summed E-state index contributed by atoms with van der Waals surface area (Å²) in [6.07, 6.45) is -1.63. The molecule has 2 bridgehead atoms. The maximum Gasteiger partial charge on any atom is 0.420 e. The zero-order chi connectivity index (χ0) is 25.5. The number of benzene rings is 1. The molecule has 0 unspecified atom stereocenters. The third-order valence-electron chi connectivity index (χ3n) is 6.22. The fourth-order valence-corrected chi connectivity index (χ4v) is 4.89. The van der Waals surface area contributed by atoms with Gasteiger partial charge in [0.1, 0.15) is 16.3 Å². The van der Waals surface area contributed by atoms with Gasteiger partial charge in [-0.3, -0.25) is 4.90 Å². The predicted molar refractivity (Wildman–Crippen MR) is 128 cm³/mol. The summed E-state index contributed by atoms with van der Waals surface area (Å²) in [5.41, 5.74) is 1.08. The van der Waals surface area contributed by atoms with E-state index in [1.54, 1.807) is 0 Å². The first-order valence-corrected chi connectivity index (χ1v) is 12.0. The van der Waals surface area contributed by atoms with E-state index in [4.69, 9.17) is 16.3 Å². The molecule has 1 aromatic heterocycles. The number of piperazine rings is 1. The molecule has 1 amide bonds. The molecular formula is C24H29ClF3N5O2. The van der Waals surface area contributed by atoms with Gasteiger partial charge in [-0.25, -0.2) is 14.8 Å². The first-order chi connectivity index (χ1) is 16.4. The van der Waals surface area contributed by atoms with E-state index in [0.29, 0.717) is 31.4 Å². The van der Waals surface area contributed by atoms with Gasteiger partial charge in [0.2, 0.25) is 5.95 Å². The second-order valence-electron chi connectivity index (χ2n) is 9.89. The minimum atomic E-state index is -4.61. The molecule has 3 heterocycles. The summed E-state index contributed by atoms with van der Waals surface area (Å²) in [6, 6.07) is 6.06. The highest BCUT2D eigenvalue weighted by Gasteiger charge is 2.44. The first kappa shape index (κ1) is 25.3. The second-order valence-corrected chi connectivity index (χ2v) is 10.3. The summed E-state index contributed by atoms with van der Waals surface area (Å²) >= 11 is 5.73. The number of hydrogen-bond donors (Lipinski definition) is 1. The van der Waals surface area contributed by atoms with Gasteiger partial charge in [0.25, 0.3) is 0 Å². The average Bonchev–Trinajstić information content (AvgIpc) is 3.02. The number of ether oxygens (including phenoxy) is 1. The van der Waals surface area contributed by atoms with Crippen LogP contribution in [-0.2, 0) is 17.3 Å². The number of aromatic nitrogens is 2. The van der Waals surface area contributed by atoms with Crippen LogP contribution in [0.1, 0.15) is 51.7 Å². The van der Waals surface area contributed by atoms with Crippen LogP contribution in [0.15, 0.2) is 24.4 Å². The molecule has 1 aromatic carbocycles. The number of amides is 1. The number of hydrogen-bond acceptors (Lipinski definition) is 6. The van der Waals surface area contributed by atoms with E-state index in [2.05, 4.69) is 26.3 Å². The summed E-state index contributed by atoms with van der Waals surface area (Å²) in [5, 5.41) is 2.33. The number of nitrogens with one attached hydrogen (secondary N) is 1. The Morgan fingerprint density at radius 2 is 1.86 bits per heavy atom. The highest BCUT2D eigenvalue weighted by atomic mass is 35.5. The van der Waals surface area contributed by atoms with Gasteiger partial charge in [0.15, 0.2) is 0 Å². The number of anilines is 3. The van der Waals surface area contributed by atoms with Crippen LogP contribution in [0.5, 0.6) is 0 Å². The van der Waals surface area contributed by atoms with Crippen LogP contribution in [0.3, 0.4) is 0 Å². The minimum Gasteiger partial charge on any atom is -0.444 e. The maximum absolute atomic E-state index is 12.9. The Kier molecular flexibility index (Phi) is 6.78. The standard InChI is InChI=1S/C24H29ClF3N5O2/c1-5-14-10-15(8-9-19(14)30-21-29-11-18(20(25)31-21)24(26,27)28)32-12-16-6-7-17(13-32)33(16)22(34)35-23(2,3)4/h8-11,16-17H,5-7,12-13H2,1-4H3,(H,29,30,31)/t16-,17+. The molecule has 11 heteroatoms. The Morgan fingerprint density at radius 3 is 2.40 bits per heavy atom. The van der Waals surface area contributed by atoms with Crippen molar-refractivity contribution in [2.75, 3.05) is 23.3 Å². The molecule has 2 fully saturated rings. The molecule has 1 N–H and O–H groups in total. The summed E-state index contributed by atoms with van der Waals surface area (Å²) in [6.45, 7) is 9.03. The normalized spacial score (nSPS) is 20.2. The molecule has 35 heavy (non-hydrogen) atoms. The molecule has 190 valence electrons. The maximum atomic E-state index is 12.9. The third kappa shape index (κ3) is 5.58. The van der Waals surface area contributed by atoms with E-state index in [9.17, 15) is 18.0 Å². The third-order valence-corrected chi connectivity index (χ3v) is 6.50. The van der Waals surface area contributed by atoms with E-state index in [0.717, 1.165) is 24.1 Å². The zero-order valence-corrected chi connectivity index (χ0v) is 20.9. The number of carbonyl (C=O) groups is 1. The van der Waals surface area contributed by atoms with Crippen LogP contribution in [-0.4, -0.2) is 51.7 Å². The smallest absolute Gasteiger partial charge is 0.420 e. The van der Waals surface area contributed by atoms with Gasteiger partial charge >= 0.3 is 12.3 Å². The fourth-order valence-electron chi connectivity index (χ4n) is 4.65. The number of aryl methyl sites for hydroxylation is 1. The monoisotopic (exact) mass is 511 g/mol. The lowest BCUT2D eigenvalue weighted by molar-refractivity contribution is -0.137.